The number of hydrogen-bond donors (Lipinski definition) is 2. The van der Waals surface area contributed by atoms with Crippen LogP contribution in [0.3, 0.4) is 0 Å². The first-order valence-electron chi connectivity index (χ1n) is 3.62. The van der Waals surface area contributed by atoms with E-state index in [0.29, 0.717) is 5.69 Å². The Morgan fingerprint density at radius 1 is 1.31 bits per heavy atom. The number of aryl methyl sites for hydroxylation is 1. The molecule has 0 spiro atoms. The second-order valence-corrected chi connectivity index (χ2v) is 2.48. The van der Waals surface area contributed by atoms with E-state index >= 15 is 0 Å². The maximum Gasteiger partial charge on any atom is 0.227 e. The van der Waals surface area contributed by atoms with Crippen LogP contribution in [0.1, 0.15) is 11.3 Å². The number of rotatable bonds is 2. The van der Waals surface area contributed by atoms with Crippen molar-refractivity contribution in [2.24, 2.45) is 17.4 Å². The van der Waals surface area contributed by atoms with E-state index < -0.39 is 0 Å². The average Bonchev–Trinajstić information content (AvgIpc) is 2.12. The van der Waals surface area contributed by atoms with Gasteiger partial charge in [-0.15, -0.1) is 0 Å². The molecule has 0 aliphatic rings. The van der Waals surface area contributed by atoms with E-state index in [1.807, 2.05) is 7.05 Å². The van der Waals surface area contributed by atoms with Gasteiger partial charge >= 0.3 is 0 Å². The Morgan fingerprint density at radius 3 is 2.62 bits per heavy atom. The minimum atomic E-state index is 0.708. The highest BCUT2D eigenvalue weighted by atomic mass is 16.4. The second kappa shape index (κ2) is 4.20. The summed E-state index contributed by atoms with van der Waals surface area (Å²) in [7, 11) is 1.82. The quantitative estimate of drug-likeness (QED) is 0.294. The molecule has 0 aliphatic heterocycles. The lowest BCUT2D eigenvalue weighted by molar-refractivity contribution is -0.672. The average molecular weight is 180 g/mol. The Kier molecular flexibility index (Phi) is 2.97. The topological polar surface area (TPSA) is 69.1 Å². The predicted octanol–water partition coefficient (Wildman–Crippen LogP) is 0.127. The molecule has 0 saturated carbocycles. The molecule has 1 aromatic heterocycles. The maximum atomic E-state index is 8.34. The van der Waals surface area contributed by atoms with Crippen LogP contribution < -0.4 is 4.57 Å². The van der Waals surface area contributed by atoms with Gasteiger partial charge in [0.05, 0.1) is 6.21 Å². The van der Waals surface area contributed by atoms with Crippen LogP contribution in [0.2, 0.25) is 0 Å². The van der Waals surface area contributed by atoms with Crippen molar-refractivity contribution in [2.45, 2.75) is 0 Å². The molecule has 0 atom stereocenters. The lowest BCUT2D eigenvalue weighted by Gasteiger charge is -1.93. The molecule has 13 heavy (non-hydrogen) atoms. The molecule has 0 aliphatic carbocycles. The lowest BCUT2D eigenvalue weighted by Crippen LogP contribution is -2.33. The van der Waals surface area contributed by atoms with Crippen LogP contribution in [-0.2, 0) is 7.05 Å². The van der Waals surface area contributed by atoms with Crippen molar-refractivity contribution in [3.63, 3.8) is 0 Å². The summed E-state index contributed by atoms with van der Waals surface area (Å²) in [5.74, 6) is 0. The Morgan fingerprint density at radius 2 is 2.00 bits per heavy atom. The van der Waals surface area contributed by atoms with Gasteiger partial charge in [-0.25, -0.2) is 4.57 Å². The fourth-order valence-corrected chi connectivity index (χ4v) is 0.939. The Bertz CT molecular complexity index is 347. The van der Waals surface area contributed by atoms with Crippen LogP contribution in [0, 0.1) is 0 Å². The molecule has 0 bridgehead atoms. The predicted molar refractivity (Wildman–Crippen MR) is 46.4 cm³/mol. The Balaban J connectivity index is 3.10. The first kappa shape index (κ1) is 9.18. The summed E-state index contributed by atoms with van der Waals surface area (Å²) < 4.78 is 1.77. The molecule has 0 amide bonds. The highest BCUT2D eigenvalue weighted by Gasteiger charge is 2.03. The molecule has 0 saturated heterocycles. The number of hydrogen-bond acceptors (Lipinski definition) is 4. The van der Waals surface area contributed by atoms with Crippen LogP contribution in [0.15, 0.2) is 28.6 Å². The monoisotopic (exact) mass is 180 g/mol. The van der Waals surface area contributed by atoms with Crippen LogP contribution in [0.25, 0.3) is 0 Å². The molecule has 0 aromatic carbocycles. The van der Waals surface area contributed by atoms with Gasteiger partial charge in [0.2, 0.25) is 5.69 Å². The van der Waals surface area contributed by atoms with Gasteiger partial charge < -0.3 is 10.4 Å². The highest BCUT2D eigenvalue weighted by Crippen LogP contribution is 1.94. The van der Waals surface area contributed by atoms with Gasteiger partial charge in [0.1, 0.15) is 13.3 Å². The molecule has 2 N–H and O–H groups in total. The van der Waals surface area contributed by atoms with Crippen molar-refractivity contribution in [3.8, 4) is 0 Å². The third kappa shape index (κ3) is 2.26. The van der Waals surface area contributed by atoms with E-state index in [-0.39, 0.29) is 0 Å². The van der Waals surface area contributed by atoms with E-state index in [9.17, 15) is 0 Å². The molecule has 68 valence electrons. The zero-order valence-corrected chi connectivity index (χ0v) is 7.12. The smallest absolute Gasteiger partial charge is 0.227 e. The molecule has 0 radical (unpaired) electrons. The summed E-state index contributed by atoms with van der Waals surface area (Å²) in [6, 6.07) is 3.49. The van der Waals surface area contributed by atoms with Gasteiger partial charge in [-0.05, 0) is 0 Å². The van der Waals surface area contributed by atoms with Gasteiger partial charge in [0, 0.05) is 17.7 Å². The SMILES string of the molecule is C[n+]1ccc(/C=N\O)cc1/C=N\O. The van der Waals surface area contributed by atoms with Gasteiger partial charge in [0.25, 0.3) is 0 Å². The van der Waals surface area contributed by atoms with Crippen molar-refractivity contribution in [2.75, 3.05) is 0 Å². The highest BCUT2D eigenvalue weighted by molar-refractivity contribution is 5.82. The Labute approximate surface area is 75.2 Å². The standard InChI is InChI=1S/C8H9N3O2/c1-11-3-2-7(5-9-12)4-8(11)6-10-13/h2-6H,1H3,(H,12,13)/p+1. The molecule has 1 aromatic rings. The minimum Gasteiger partial charge on any atom is -0.411 e. The van der Waals surface area contributed by atoms with Crippen molar-refractivity contribution in [1.29, 1.82) is 0 Å². The molecule has 0 fully saturated rings. The molecule has 5 heteroatoms. The third-order valence-corrected chi connectivity index (χ3v) is 1.61. The van der Waals surface area contributed by atoms with Crippen molar-refractivity contribution < 1.29 is 15.0 Å². The molecule has 5 nitrogen and oxygen atoms in total. The number of pyridine rings is 1. The van der Waals surface area contributed by atoms with Crippen LogP contribution >= 0.6 is 0 Å². The fraction of sp³-hybridized carbons (Fsp3) is 0.125. The zero-order chi connectivity index (χ0) is 9.68. The summed E-state index contributed by atoms with van der Waals surface area (Å²) >= 11 is 0. The summed E-state index contributed by atoms with van der Waals surface area (Å²) in [4.78, 5) is 0. The lowest BCUT2D eigenvalue weighted by atomic mass is 10.2. The van der Waals surface area contributed by atoms with Crippen LogP contribution in [-0.4, -0.2) is 22.8 Å². The van der Waals surface area contributed by atoms with Gasteiger partial charge in [-0.2, -0.15) is 0 Å². The summed E-state index contributed by atoms with van der Waals surface area (Å²) in [5, 5.41) is 22.4. The number of oxime groups is 2. The van der Waals surface area contributed by atoms with Crippen LogP contribution in [0.5, 0.6) is 0 Å². The number of nitrogens with zero attached hydrogens (tertiary/aromatic N) is 3. The van der Waals surface area contributed by atoms with Crippen LogP contribution in [0.4, 0.5) is 0 Å². The van der Waals surface area contributed by atoms with E-state index in [0.717, 1.165) is 5.56 Å². The van der Waals surface area contributed by atoms with Crippen molar-refractivity contribution in [1.82, 2.24) is 0 Å². The summed E-state index contributed by atoms with van der Waals surface area (Å²) in [6.45, 7) is 0. The normalized spacial score (nSPS) is 11.5. The number of aromatic nitrogens is 1. The Hall–Kier alpha value is -1.91. The maximum absolute atomic E-state index is 8.34. The molecule has 0 unspecified atom stereocenters. The van der Waals surface area contributed by atoms with Gasteiger partial charge in [0.15, 0.2) is 6.20 Å². The molecular weight excluding hydrogens is 170 g/mol. The third-order valence-electron chi connectivity index (χ3n) is 1.61. The zero-order valence-electron chi connectivity index (χ0n) is 7.12. The second-order valence-electron chi connectivity index (χ2n) is 2.48. The van der Waals surface area contributed by atoms with Crippen molar-refractivity contribution in [3.05, 3.63) is 29.6 Å². The van der Waals surface area contributed by atoms with Gasteiger partial charge in [-0.1, -0.05) is 10.3 Å². The first-order chi connectivity index (χ1) is 6.27. The van der Waals surface area contributed by atoms with E-state index in [4.69, 9.17) is 10.4 Å². The van der Waals surface area contributed by atoms with Gasteiger partial charge in [-0.3, -0.25) is 0 Å². The van der Waals surface area contributed by atoms with E-state index in [2.05, 4.69) is 10.3 Å². The largest absolute Gasteiger partial charge is 0.411 e. The minimum absolute atomic E-state index is 0.708. The molecular formula is C8H10N3O2+. The molecule has 1 heterocycles. The summed E-state index contributed by atoms with van der Waals surface area (Å²) in [5.41, 5.74) is 1.44. The van der Waals surface area contributed by atoms with E-state index in [1.165, 1.54) is 12.4 Å². The van der Waals surface area contributed by atoms with Crippen molar-refractivity contribution >= 4 is 12.4 Å². The first-order valence-corrected chi connectivity index (χ1v) is 3.62. The fourth-order valence-electron chi connectivity index (χ4n) is 0.939. The van der Waals surface area contributed by atoms with E-state index in [1.54, 1.807) is 22.9 Å². The summed E-state index contributed by atoms with van der Waals surface area (Å²) in [6.07, 6.45) is 4.37. The molecule has 1 rings (SSSR count).